The number of hydrogen-bond acceptors (Lipinski definition) is 9. The highest BCUT2D eigenvalue weighted by Gasteiger charge is 2.43. The van der Waals surface area contributed by atoms with Crippen LogP contribution in [-0.2, 0) is 15.7 Å². The number of thiazole rings is 1. The van der Waals surface area contributed by atoms with Crippen LogP contribution in [-0.4, -0.2) is 71.5 Å². The number of nitrogens with one attached hydrogen (secondary N) is 1. The molecule has 2 aliphatic heterocycles. The van der Waals surface area contributed by atoms with Crippen LogP contribution < -0.4 is 10.1 Å². The second-order valence-corrected chi connectivity index (χ2v) is 11.7. The predicted molar refractivity (Wildman–Crippen MR) is 145 cm³/mol. The van der Waals surface area contributed by atoms with Gasteiger partial charge in [0.2, 0.25) is 5.82 Å². The first kappa shape index (κ1) is 29.4. The number of nitrogens with zero attached hydrogens (tertiary/aromatic N) is 4. The van der Waals surface area contributed by atoms with E-state index in [1.165, 1.54) is 11.3 Å². The summed E-state index contributed by atoms with van der Waals surface area (Å²) >= 11 is 1.51. The van der Waals surface area contributed by atoms with Gasteiger partial charge in [-0.3, -0.25) is 9.69 Å². The van der Waals surface area contributed by atoms with Crippen molar-refractivity contribution in [2.75, 3.05) is 33.4 Å². The molecule has 1 amide bonds. The van der Waals surface area contributed by atoms with Crippen LogP contribution in [0.25, 0.3) is 10.6 Å². The number of methoxy groups -OCH3 is 1. The molecule has 2 saturated heterocycles. The number of hydrogen-bond donors (Lipinski definition) is 1. The van der Waals surface area contributed by atoms with Crippen molar-refractivity contribution in [3.63, 3.8) is 0 Å². The van der Waals surface area contributed by atoms with E-state index in [9.17, 15) is 18.0 Å². The van der Waals surface area contributed by atoms with Crippen LogP contribution in [0.1, 0.15) is 46.5 Å². The van der Waals surface area contributed by atoms with Gasteiger partial charge in [-0.05, 0) is 39.0 Å². The zero-order valence-electron chi connectivity index (χ0n) is 23.1. The van der Waals surface area contributed by atoms with Gasteiger partial charge in [0.15, 0.2) is 0 Å². The Kier molecular flexibility index (Phi) is 8.60. The highest BCUT2D eigenvalue weighted by Crippen LogP contribution is 2.35. The summed E-state index contributed by atoms with van der Waals surface area (Å²) in [5.74, 6) is -0.845. The fourth-order valence-corrected chi connectivity index (χ4v) is 5.96. The van der Waals surface area contributed by atoms with Gasteiger partial charge in [-0.15, -0.1) is 11.3 Å². The lowest BCUT2D eigenvalue weighted by molar-refractivity contribution is -0.147. The van der Waals surface area contributed by atoms with E-state index in [4.69, 9.17) is 14.2 Å². The first-order chi connectivity index (χ1) is 19.5. The minimum absolute atomic E-state index is 0.0112. The molecule has 220 valence electrons. The highest BCUT2D eigenvalue weighted by atomic mass is 32.1. The number of aromatic nitrogens is 3. The van der Waals surface area contributed by atoms with Gasteiger partial charge in [0, 0.05) is 72.2 Å². The minimum Gasteiger partial charge on any atom is -0.490 e. The van der Waals surface area contributed by atoms with Crippen LogP contribution >= 0.6 is 11.3 Å². The number of ether oxygens (including phenoxy) is 3. The molecule has 41 heavy (non-hydrogen) atoms. The Morgan fingerprint density at radius 3 is 2.37 bits per heavy atom. The maximum absolute atomic E-state index is 13.4. The van der Waals surface area contributed by atoms with E-state index in [1.54, 1.807) is 32.4 Å². The monoisotopic (exact) mass is 591 g/mol. The van der Waals surface area contributed by atoms with Crippen LogP contribution in [0.2, 0.25) is 0 Å². The normalized spacial score (nSPS) is 22.7. The van der Waals surface area contributed by atoms with Crippen molar-refractivity contribution in [1.29, 1.82) is 0 Å². The summed E-state index contributed by atoms with van der Waals surface area (Å²) in [6.45, 7) is 8.31. The molecule has 1 N–H and O–H groups in total. The largest absolute Gasteiger partial charge is 0.490 e. The molecule has 0 saturated carbocycles. The quantitative estimate of drug-likeness (QED) is 0.401. The lowest BCUT2D eigenvalue weighted by atomic mass is 9.84. The van der Waals surface area contributed by atoms with Crippen LogP contribution in [0.5, 0.6) is 5.75 Å². The number of piperidine rings is 1. The van der Waals surface area contributed by atoms with Crippen molar-refractivity contribution in [3.8, 4) is 16.3 Å². The molecule has 0 spiro atoms. The van der Waals surface area contributed by atoms with E-state index in [2.05, 4.69) is 25.2 Å². The Labute approximate surface area is 240 Å². The molecule has 1 aromatic carbocycles. The summed E-state index contributed by atoms with van der Waals surface area (Å²) in [4.78, 5) is 28.0. The van der Waals surface area contributed by atoms with Gasteiger partial charge in [-0.25, -0.2) is 15.0 Å². The average molecular weight is 592 g/mol. The molecule has 5 rings (SSSR count). The first-order valence-electron chi connectivity index (χ1n) is 13.3. The maximum Gasteiger partial charge on any atom is 0.451 e. The number of rotatable bonds is 8. The van der Waals surface area contributed by atoms with Gasteiger partial charge in [0.1, 0.15) is 23.1 Å². The molecule has 3 unspecified atom stereocenters. The standard InChI is InChI=1S/C28H32F3N5O4S/c1-15-8-32-26(41-15)19-5-18(25(37)35-16(2)20-9-33-27(34-10-20)28(29,30)31)6-23(7-19)40-24-21-11-36(17(3)38-4)12-22(24)14-39-13-21/h5-10,16-17,21-22,24H,11-14H2,1-4H3,(H,35,37)/t16-,17?,21?,22?,24?/m1/s1. The molecule has 2 aliphatic rings. The van der Waals surface area contributed by atoms with Gasteiger partial charge < -0.3 is 19.5 Å². The van der Waals surface area contributed by atoms with Crippen LogP contribution in [0, 0.1) is 18.8 Å². The van der Waals surface area contributed by atoms with Crippen molar-refractivity contribution in [2.24, 2.45) is 11.8 Å². The number of likely N-dealkylation sites (tertiary alicyclic amines) is 1. The number of halogens is 3. The summed E-state index contributed by atoms with van der Waals surface area (Å²) in [6.07, 6.45) is -0.837. The summed E-state index contributed by atoms with van der Waals surface area (Å²) in [7, 11) is 1.70. The number of carbonyl (C=O) groups is 1. The Bertz CT molecular complexity index is 1360. The molecule has 4 atom stereocenters. The van der Waals surface area contributed by atoms with E-state index in [1.807, 2.05) is 19.9 Å². The SMILES string of the molecule is COC(C)N1CC2COCC(C1)C2Oc1cc(C(=O)N[C@H](C)c2cnc(C(F)(F)F)nc2)cc(-c2ncc(C)s2)c1. The lowest BCUT2D eigenvalue weighted by Crippen LogP contribution is -2.59. The van der Waals surface area contributed by atoms with E-state index in [0.717, 1.165) is 40.9 Å². The van der Waals surface area contributed by atoms with Crippen LogP contribution in [0.4, 0.5) is 13.2 Å². The molecule has 13 heteroatoms. The molecule has 4 heterocycles. The third-order valence-electron chi connectivity index (χ3n) is 7.47. The summed E-state index contributed by atoms with van der Waals surface area (Å²) in [6, 6.07) is 4.69. The summed E-state index contributed by atoms with van der Waals surface area (Å²) in [5.41, 5.74) is 1.43. The van der Waals surface area contributed by atoms with E-state index >= 15 is 0 Å². The molecule has 2 bridgehead atoms. The lowest BCUT2D eigenvalue weighted by Gasteiger charge is -2.47. The number of amides is 1. The topological polar surface area (TPSA) is 98.7 Å². The van der Waals surface area contributed by atoms with Crippen LogP contribution in [0.3, 0.4) is 0 Å². The number of alkyl halides is 3. The second-order valence-electron chi connectivity index (χ2n) is 10.5. The molecule has 3 aromatic rings. The molecule has 0 aliphatic carbocycles. The Morgan fingerprint density at radius 2 is 1.78 bits per heavy atom. The number of benzene rings is 1. The molecule has 0 radical (unpaired) electrons. The van der Waals surface area contributed by atoms with Crippen LogP contribution in [0.15, 0.2) is 36.8 Å². The van der Waals surface area contributed by atoms with Gasteiger partial charge in [-0.2, -0.15) is 13.2 Å². The van der Waals surface area contributed by atoms with Crippen molar-refractivity contribution in [2.45, 2.75) is 45.3 Å². The second kappa shape index (κ2) is 12.0. The van der Waals surface area contributed by atoms with Gasteiger partial charge in [0.05, 0.1) is 19.3 Å². The zero-order valence-corrected chi connectivity index (χ0v) is 24.0. The molecular weight excluding hydrogens is 559 g/mol. The van der Waals surface area contributed by atoms with Crippen molar-refractivity contribution in [3.05, 3.63) is 58.6 Å². The van der Waals surface area contributed by atoms with Crippen molar-refractivity contribution < 1.29 is 32.2 Å². The number of fused-ring (bicyclic) bond motifs is 2. The van der Waals surface area contributed by atoms with Gasteiger partial charge in [0.25, 0.3) is 5.91 Å². The molecule has 9 nitrogen and oxygen atoms in total. The van der Waals surface area contributed by atoms with Gasteiger partial charge >= 0.3 is 6.18 Å². The predicted octanol–water partition coefficient (Wildman–Crippen LogP) is 4.74. The van der Waals surface area contributed by atoms with E-state index < -0.39 is 23.9 Å². The highest BCUT2D eigenvalue weighted by molar-refractivity contribution is 7.14. The number of aryl methyl sites for hydroxylation is 1. The molecular formula is C28H32F3N5O4S. The Morgan fingerprint density at radius 1 is 1.10 bits per heavy atom. The average Bonchev–Trinajstić information content (AvgIpc) is 3.38. The molecule has 2 fully saturated rings. The number of carbonyl (C=O) groups excluding carboxylic acids is 1. The fraction of sp³-hybridized carbons (Fsp3) is 0.500. The third-order valence-corrected chi connectivity index (χ3v) is 8.43. The molecule has 2 aromatic heterocycles. The minimum atomic E-state index is -4.64. The third kappa shape index (κ3) is 6.69. The first-order valence-corrected chi connectivity index (χ1v) is 14.1. The fourth-order valence-electron chi connectivity index (χ4n) is 5.21. The van der Waals surface area contributed by atoms with E-state index in [-0.39, 0.29) is 24.2 Å². The summed E-state index contributed by atoms with van der Waals surface area (Å²) in [5, 5.41) is 3.59. The smallest absolute Gasteiger partial charge is 0.451 e. The summed E-state index contributed by atoms with van der Waals surface area (Å²) < 4.78 is 56.6. The zero-order chi connectivity index (χ0) is 29.3. The Hall–Kier alpha value is -3.13. The van der Waals surface area contributed by atoms with Gasteiger partial charge in [-0.1, -0.05) is 0 Å². The van der Waals surface area contributed by atoms with Crippen molar-refractivity contribution in [1.82, 2.24) is 25.2 Å². The maximum atomic E-state index is 13.4. The Balaban J connectivity index is 1.38. The van der Waals surface area contributed by atoms with Crippen molar-refractivity contribution >= 4 is 17.2 Å². The van der Waals surface area contributed by atoms with E-state index in [0.29, 0.717) is 30.1 Å².